The lowest BCUT2D eigenvalue weighted by molar-refractivity contribution is -0.903. The maximum absolute atomic E-state index is 12.2. The molecule has 1 atom stereocenters. The van der Waals surface area contributed by atoms with Crippen LogP contribution in [0.25, 0.3) is 0 Å². The Balaban J connectivity index is 1.89. The molecule has 0 saturated heterocycles. The van der Waals surface area contributed by atoms with Gasteiger partial charge in [0.1, 0.15) is 6.54 Å². The zero-order valence-corrected chi connectivity index (χ0v) is 14.1. The lowest BCUT2D eigenvalue weighted by atomic mass is 10.2. The number of esters is 1. The third-order valence-electron chi connectivity index (χ3n) is 3.50. The number of thiophene rings is 1. The zero-order valence-electron chi connectivity index (χ0n) is 13.3. The highest BCUT2D eigenvalue weighted by atomic mass is 32.1. The largest absolute Gasteiger partial charge is 0.465 e. The van der Waals surface area contributed by atoms with Gasteiger partial charge in [0.25, 0.3) is 5.91 Å². The summed E-state index contributed by atoms with van der Waals surface area (Å²) in [5, 5.41) is 4.91. The van der Waals surface area contributed by atoms with Crippen LogP contribution < -0.4 is 10.2 Å². The van der Waals surface area contributed by atoms with Crippen LogP contribution in [0.5, 0.6) is 0 Å². The van der Waals surface area contributed by atoms with Crippen molar-refractivity contribution in [3.8, 4) is 0 Å². The summed E-state index contributed by atoms with van der Waals surface area (Å²) in [6.07, 6.45) is 0. The van der Waals surface area contributed by atoms with Gasteiger partial charge in [0, 0.05) is 5.69 Å². The van der Waals surface area contributed by atoms with Crippen molar-refractivity contribution in [1.82, 2.24) is 0 Å². The highest BCUT2D eigenvalue weighted by Gasteiger charge is 2.14. The number of quaternary nitrogens is 1. The molecule has 1 heterocycles. The molecule has 0 aliphatic rings. The number of amides is 1. The SMILES string of the molecule is CC[NH+](CC(=O)Nc1ccc(C(=O)OC)cc1)Cc1cccs1. The normalized spacial score (nSPS) is 11.7. The topological polar surface area (TPSA) is 59.8 Å². The molecule has 6 heteroatoms. The second kappa shape index (κ2) is 8.45. The van der Waals surface area contributed by atoms with Crippen LogP contribution in [0.2, 0.25) is 0 Å². The number of anilines is 1. The Morgan fingerprint density at radius 3 is 2.52 bits per heavy atom. The first kappa shape index (κ1) is 17.2. The molecule has 0 spiro atoms. The summed E-state index contributed by atoms with van der Waals surface area (Å²) < 4.78 is 4.65. The lowest BCUT2D eigenvalue weighted by Crippen LogP contribution is -3.11. The minimum Gasteiger partial charge on any atom is -0.465 e. The molecule has 1 amide bonds. The summed E-state index contributed by atoms with van der Waals surface area (Å²) in [5.41, 5.74) is 1.14. The van der Waals surface area contributed by atoms with Gasteiger partial charge in [0.05, 0.1) is 24.1 Å². The highest BCUT2D eigenvalue weighted by molar-refractivity contribution is 7.09. The molecule has 122 valence electrons. The Labute approximate surface area is 139 Å². The van der Waals surface area contributed by atoms with Crippen LogP contribution in [0, 0.1) is 0 Å². The molecular weight excluding hydrogens is 312 g/mol. The van der Waals surface area contributed by atoms with Crippen molar-refractivity contribution in [2.45, 2.75) is 13.5 Å². The summed E-state index contributed by atoms with van der Waals surface area (Å²) in [6, 6.07) is 10.8. The van der Waals surface area contributed by atoms with Crippen LogP contribution in [0.15, 0.2) is 41.8 Å². The average molecular weight is 333 g/mol. The van der Waals surface area contributed by atoms with E-state index in [2.05, 4.69) is 23.0 Å². The number of rotatable bonds is 7. The standard InChI is InChI=1S/C17H20N2O3S/c1-3-19(11-15-5-4-10-23-15)12-16(20)18-14-8-6-13(7-9-14)17(21)22-2/h4-10H,3,11-12H2,1-2H3,(H,18,20)/p+1. The van der Waals surface area contributed by atoms with Gasteiger partial charge in [0.15, 0.2) is 6.54 Å². The number of benzene rings is 1. The Bertz CT molecular complexity index is 638. The first-order chi connectivity index (χ1) is 11.1. The van der Waals surface area contributed by atoms with Crippen molar-refractivity contribution in [3.63, 3.8) is 0 Å². The Kier molecular flexibility index (Phi) is 6.31. The third kappa shape index (κ3) is 5.19. The van der Waals surface area contributed by atoms with Crippen molar-refractivity contribution < 1.29 is 19.2 Å². The third-order valence-corrected chi connectivity index (χ3v) is 4.38. The van der Waals surface area contributed by atoms with E-state index < -0.39 is 0 Å². The molecule has 2 N–H and O–H groups in total. The molecule has 0 saturated carbocycles. The molecule has 5 nitrogen and oxygen atoms in total. The monoisotopic (exact) mass is 333 g/mol. The van der Waals surface area contributed by atoms with Gasteiger partial charge in [0.2, 0.25) is 0 Å². The van der Waals surface area contributed by atoms with E-state index in [9.17, 15) is 9.59 Å². The van der Waals surface area contributed by atoms with Crippen LogP contribution in [0.4, 0.5) is 5.69 Å². The van der Waals surface area contributed by atoms with Gasteiger partial charge in [-0.3, -0.25) is 4.79 Å². The fraction of sp³-hybridized carbons (Fsp3) is 0.294. The molecule has 2 aromatic rings. The summed E-state index contributed by atoms with van der Waals surface area (Å²) in [7, 11) is 1.34. The van der Waals surface area contributed by atoms with E-state index in [1.54, 1.807) is 35.6 Å². The predicted molar refractivity (Wildman–Crippen MR) is 90.8 cm³/mol. The van der Waals surface area contributed by atoms with E-state index in [-0.39, 0.29) is 11.9 Å². The van der Waals surface area contributed by atoms with Gasteiger partial charge in [-0.1, -0.05) is 6.07 Å². The van der Waals surface area contributed by atoms with E-state index in [0.717, 1.165) is 13.1 Å². The van der Waals surface area contributed by atoms with Crippen LogP contribution in [0.3, 0.4) is 0 Å². The second-order valence-electron chi connectivity index (χ2n) is 5.15. The molecule has 23 heavy (non-hydrogen) atoms. The van der Waals surface area contributed by atoms with E-state index in [4.69, 9.17) is 0 Å². The van der Waals surface area contributed by atoms with Crippen LogP contribution >= 0.6 is 11.3 Å². The summed E-state index contributed by atoms with van der Waals surface area (Å²) in [5.74, 6) is -0.426. The number of likely N-dealkylation sites (N-methyl/N-ethyl adjacent to an activating group) is 1. The zero-order chi connectivity index (χ0) is 16.7. The van der Waals surface area contributed by atoms with E-state index in [0.29, 0.717) is 17.8 Å². The first-order valence-corrected chi connectivity index (χ1v) is 8.34. The van der Waals surface area contributed by atoms with E-state index in [1.165, 1.54) is 16.9 Å². The lowest BCUT2D eigenvalue weighted by Gasteiger charge is -2.16. The molecule has 0 bridgehead atoms. The van der Waals surface area contributed by atoms with Gasteiger partial charge in [-0.2, -0.15) is 0 Å². The number of hydrogen-bond acceptors (Lipinski definition) is 4. The molecule has 0 radical (unpaired) electrons. The molecule has 2 rings (SSSR count). The Morgan fingerprint density at radius 1 is 1.22 bits per heavy atom. The minimum absolute atomic E-state index is 0.0378. The molecule has 1 aromatic carbocycles. The van der Waals surface area contributed by atoms with Gasteiger partial charge < -0.3 is 15.0 Å². The van der Waals surface area contributed by atoms with E-state index >= 15 is 0 Å². The maximum atomic E-state index is 12.2. The van der Waals surface area contributed by atoms with Crippen LogP contribution in [-0.4, -0.2) is 32.1 Å². The van der Waals surface area contributed by atoms with Gasteiger partial charge >= 0.3 is 5.97 Å². The number of methoxy groups -OCH3 is 1. The molecule has 1 unspecified atom stereocenters. The fourth-order valence-corrected chi connectivity index (χ4v) is 2.99. The minimum atomic E-state index is -0.388. The first-order valence-electron chi connectivity index (χ1n) is 7.46. The quantitative estimate of drug-likeness (QED) is 0.756. The number of carbonyl (C=O) groups is 2. The molecule has 0 aliphatic heterocycles. The van der Waals surface area contributed by atoms with Gasteiger partial charge in [-0.05, 0) is 42.6 Å². The number of hydrogen-bond donors (Lipinski definition) is 2. The molecule has 0 aliphatic carbocycles. The van der Waals surface area contributed by atoms with E-state index in [1.807, 2.05) is 11.4 Å². The molecular formula is C17H21N2O3S+. The number of nitrogens with one attached hydrogen (secondary N) is 2. The summed E-state index contributed by atoms with van der Waals surface area (Å²) in [4.78, 5) is 26.0. The van der Waals surface area contributed by atoms with Crippen LogP contribution in [0.1, 0.15) is 22.2 Å². The van der Waals surface area contributed by atoms with Gasteiger partial charge in [-0.25, -0.2) is 4.79 Å². The summed E-state index contributed by atoms with van der Waals surface area (Å²) in [6.45, 7) is 4.21. The number of carbonyl (C=O) groups excluding carboxylic acids is 2. The predicted octanol–water partition coefficient (Wildman–Crippen LogP) is 1.58. The maximum Gasteiger partial charge on any atom is 0.337 e. The smallest absolute Gasteiger partial charge is 0.337 e. The average Bonchev–Trinajstić information content (AvgIpc) is 3.07. The van der Waals surface area contributed by atoms with Crippen LogP contribution in [-0.2, 0) is 16.1 Å². The van der Waals surface area contributed by atoms with Crippen molar-refractivity contribution in [1.29, 1.82) is 0 Å². The Morgan fingerprint density at radius 2 is 1.96 bits per heavy atom. The van der Waals surface area contributed by atoms with Gasteiger partial charge in [-0.15, -0.1) is 11.3 Å². The van der Waals surface area contributed by atoms with Crippen molar-refractivity contribution in [2.24, 2.45) is 0 Å². The highest BCUT2D eigenvalue weighted by Crippen LogP contribution is 2.10. The molecule has 0 fully saturated rings. The van der Waals surface area contributed by atoms with Crippen molar-refractivity contribution >= 4 is 28.9 Å². The van der Waals surface area contributed by atoms with Crippen molar-refractivity contribution in [3.05, 3.63) is 52.2 Å². The summed E-state index contributed by atoms with van der Waals surface area (Å²) >= 11 is 1.71. The fourth-order valence-electron chi connectivity index (χ4n) is 2.21. The number of ether oxygens (including phenoxy) is 1. The molecule has 1 aromatic heterocycles. The second-order valence-corrected chi connectivity index (χ2v) is 6.19. The Hall–Kier alpha value is -2.18. The van der Waals surface area contributed by atoms with Crippen molar-refractivity contribution in [2.75, 3.05) is 25.5 Å².